The van der Waals surface area contributed by atoms with Crippen LogP contribution in [-0.4, -0.2) is 18.3 Å². The number of methoxy groups -OCH3 is 1. The summed E-state index contributed by atoms with van der Waals surface area (Å²) in [6, 6.07) is 11.7. The van der Waals surface area contributed by atoms with Crippen LogP contribution in [0.15, 0.2) is 29.1 Å². The third kappa shape index (κ3) is 4.24. The normalized spacial score (nSPS) is 11.4. The number of aromatic nitrogens is 1. The van der Waals surface area contributed by atoms with E-state index >= 15 is 0 Å². The molecule has 6 heteroatoms. The molecule has 0 fully saturated rings. The largest absolute Gasteiger partial charge is 0.383 e. The van der Waals surface area contributed by atoms with Crippen molar-refractivity contribution in [3.05, 3.63) is 54.9 Å². The molecular formula is C19H19N3O2S. The van der Waals surface area contributed by atoms with Crippen molar-refractivity contribution in [1.29, 1.82) is 10.5 Å². The average Bonchev–Trinajstić information content (AvgIpc) is 2.90. The summed E-state index contributed by atoms with van der Waals surface area (Å²) in [6.45, 7) is 4.88. The molecule has 0 saturated heterocycles. The molecule has 5 nitrogen and oxygen atoms in total. The van der Waals surface area contributed by atoms with Crippen molar-refractivity contribution >= 4 is 23.0 Å². The van der Waals surface area contributed by atoms with Gasteiger partial charge in [0.1, 0.15) is 16.8 Å². The van der Waals surface area contributed by atoms with Crippen LogP contribution < -0.4 is 14.8 Å². The minimum Gasteiger partial charge on any atom is -0.383 e. The number of benzene rings is 1. The fraction of sp³-hybridized carbons (Fsp3) is 0.316. The van der Waals surface area contributed by atoms with Crippen LogP contribution in [0, 0.1) is 22.7 Å². The molecule has 2 aromatic rings. The summed E-state index contributed by atoms with van der Waals surface area (Å²) in [5.41, 5.74) is 1.86. The predicted molar refractivity (Wildman–Crippen MR) is 98.4 cm³/mol. The first-order chi connectivity index (χ1) is 12.0. The zero-order chi connectivity index (χ0) is 18.4. The van der Waals surface area contributed by atoms with Gasteiger partial charge in [-0.05, 0) is 23.1 Å². The van der Waals surface area contributed by atoms with Crippen LogP contribution in [0.2, 0.25) is 0 Å². The molecular weight excluding hydrogens is 334 g/mol. The highest BCUT2D eigenvalue weighted by Gasteiger charge is 2.09. The van der Waals surface area contributed by atoms with E-state index in [1.165, 1.54) is 10.1 Å². The van der Waals surface area contributed by atoms with Gasteiger partial charge in [0, 0.05) is 7.11 Å². The first-order valence-electron chi connectivity index (χ1n) is 7.86. The second-order valence-electron chi connectivity index (χ2n) is 5.79. The van der Waals surface area contributed by atoms with Crippen LogP contribution in [0.1, 0.15) is 30.9 Å². The molecule has 0 aliphatic heterocycles. The number of hydrogen-bond donors (Lipinski definition) is 0. The lowest BCUT2D eigenvalue weighted by Crippen LogP contribution is -2.33. The third-order valence-corrected chi connectivity index (χ3v) is 4.90. The summed E-state index contributed by atoms with van der Waals surface area (Å²) < 4.78 is 7.32. The maximum absolute atomic E-state index is 12.7. The SMILES string of the molecule is COCCn1c(=C(C#N)C#N)s/c(=C/c2ccc(C(C)C)cc2)c1=O. The summed E-state index contributed by atoms with van der Waals surface area (Å²) in [7, 11) is 1.54. The third-order valence-electron chi connectivity index (χ3n) is 3.77. The summed E-state index contributed by atoms with van der Waals surface area (Å²) in [4.78, 5) is 12.7. The molecule has 0 atom stereocenters. The van der Waals surface area contributed by atoms with Gasteiger partial charge >= 0.3 is 0 Å². The molecule has 0 N–H and O–H groups in total. The Morgan fingerprint density at radius 3 is 2.44 bits per heavy atom. The Morgan fingerprint density at radius 2 is 1.92 bits per heavy atom. The monoisotopic (exact) mass is 353 g/mol. The second kappa shape index (κ2) is 8.43. The quantitative estimate of drug-likeness (QED) is 0.820. The Morgan fingerprint density at radius 1 is 1.28 bits per heavy atom. The number of nitriles is 2. The first-order valence-corrected chi connectivity index (χ1v) is 8.68. The Labute approximate surface area is 150 Å². The van der Waals surface area contributed by atoms with Gasteiger partial charge in [0.15, 0.2) is 5.57 Å². The Bertz CT molecular complexity index is 983. The highest BCUT2D eigenvalue weighted by molar-refractivity contribution is 7.07. The highest BCUT2D eigenvalue weighted by atomic mass is 32.1. The van der Waals surface area contributed by atoms with Crippen LogP contribution in [-0.2, 0) is 11.3 Å². The van der Waals surface area contributed by atoms with Crippen molar-refractivity contribution in [3.8, 4) is 12.1 Å². The molecule has 25 heavy (non-hydrogen) atoms. The zero-order valence-corrected chi connectivity index (χ0v) is 15.3. The van der Waals surface area contributed by atoms with Gasteiger partial charge in [0.2, 0.25) is 0 Å². The van der Waals surface area contributed by atoms with Crippen molar-refractivity contribution < 1.29 is 4.74 Å². The van der Waals surface area contributed by atoms with E-state index in [-0.39, 0.29) is 11.1 Å². The number of rotatable bonds is 5. The number of hydrogen-bond acceptors (Lipinski definition) is 5. The molecule has 0 spiro atoms. The van der Waals surface area contributed by atoms with Crippen molar-refractivity contribution in [2.45, 2.75) is 26.3 Å². The summed E-state index contributed by atoms with van der Waals surface area (Å²) in [6.07, 6.45) is 1.79. The van der Waals surface area contributed by atoms with Gasteiger partial charge in [-0.1, -0.05) is 38.1 Å². The van der Waals surface area contributed by atoms with Crippen LogP contribution in [0.5, 0.6) is 0 Å². The summed E-state index contributed by atoms with van der Waals surface area (Å²) >= 11 is 1.16. The van der Waals surface area contributed by atoms with E-state index in [2.05, 4.69) is 13.8 Å². The van der Waals surface area contributed by atoms with Gasteiger partial charge in [-0.2, -0.15) is 10.5 Å². The van der Waals surface area contributed by atoms with Gasteiger partial charge in [-0.15, -0.1) is 11.3 Å². The molecule has 0 unspecified atom stereocenters. The van der Waals surface area contributed by atoms with E-state index in [1.807, 2.05) is 36.4 Å². The lowest BCUT2D eigenvalue weighted by atomic mass is 10.0. The van der Waals surface area contributed by atoms with Gasteiger partial charge in [-0.3, -0.25) is 9.36 Å². The van der Waals surface area contributed by atoms with Crippen LogP contribution >= 0.6 is 11.3 Å². The van der Waals surface area contributed by atoms with Gasteiger partial charge in [-0.25, -0.2) is 0 Å². The molecule has 0 aliphatic rings. The molecule has 0 aliphatic carbocycles. The minimum atomic E-state index is -0.215. The van der Waals surface area contributed by atoms with E-state index in [9.17, 15) is 4.79 Å². The fourth-order valence-electron chi connectivity index (χ4n) is 2.34. The van der Waals surface area contributed by atoms with Crippen LogP contribution in [0.4, 0.5) is 0 Å². The first kappa shape index (κ1) is 18.7. The molecule has 0 radical (unpaired) electrons. The Kier molecular flexibility index (Phi) is 6.30. The molecule has 1 heterocycles. The second-order valence-corrected chi connectivity index (χ2v) is 6.82. The molecule has 1 aromatic carbocycles. The van der Waals surface area contributed by atoms with E-state index in [0.717, 1.165) is 16.9 Å². The van der Waals surface area contributed by atoms with Crippen molar-refractivity contribution in [2.75, 3.05) is 13.7 Å². The molecule has 2 rings (SSSR count). The van der Waals surface area contributed by atoms with E-state index in [0.29, 0.717) is 28.3 Å². The van der Waals surface area contributed by atoms with Crippen LogP contribution in [0.25, 0.3) is 11.6 Å². The molecule has 1 aromatic heterocycles. The fourth-order valence-corrected chi connectivity index (χ4v) is 3.42. The highest BCUT2D eigenvalue weighted by Crippen LogP contribution is 2.14. The number of thiazole rings is 1. The maximum Gasteiger partial charge on any atom is 0.269 e. The lowest BCUT2D eigenvalue weighted by Gasteiger charge is -2.04. The van der Waals surface area contributed by atoms with E-state index in [4.69, 9.17) is 15.3 Å². The van der Waals surface area contributed by atoms with Crippen molar-refractivity contribution in [1.82, 2.24) is 4.57 Å². The Hall–Kier alpha value is -2.67. The van der Waals surface area contributed by atoms with E-state index in [1.54, 1.807) is 13.2 Å². The van der Waals surface area contributed by atoms with Crippen molar-refractivity contribution in [3.63, 3.8) is 0 Å². The molecule has 0 bridgehead atoms. The average molecular weight is 353 g/mol. The maximum atomic E-state index is 12.7. The zero-order valence-electron chi connectivity index (χ0n) is 14.4. The summed E-state index contributed by atoms with van der Waals surface area (Å²) in [5, 5.41) is 18.3. The summed E-state index contributed by atoms with van der Waals surface area (Å²) in [5.74, 6) is 0.442. The predicted octanol–water partition coefficient (Wildman–Crippen LogP) is 1.71. The van der Waals surface area contributed by atoms with Gasteiger partial charge < -0.3 is 4.74 Å². The number of nitrogens with zero attached hydrogens (tertiary/aromatic N) is 3. The van der Waals surface area contributed by atoms with Gasteiger partial charge in [0.05, 0.1) is 17.7 Å². The smallest absolute Gasteiger partial charge is 0.269 e. The Balaban J connectivity index is 2.63. The standard InChI is InChI=1S/C19H19N3O2S/c1-13(2)15-6-4-14(5-7-15)10-17-18(23)22(8-9-24-3)19(25-17)16(11-20)12-21/h4-7,10,13H,8-9H2,1-3H3/b17-10+. The lowest BCUT2D eigenvalue weighted by molar-refractivity contribution is 0.186. The topological polar surface area (TPSA) is 78.8 Å². The minimum absolute atomic E-state index is 0.0620. The van der Waals surface area contributed by atoms with Crippen molar-refractivity contribution in [2.24, 2.45) is 0 Å². The molecule has 128 valence electrons. The van der Waals surface area contributed by atoms with E-state index < -0.39 is 0 Å². The molecule has 0 saturated carbocycles. The van der Waals surface area contributed by atoms with Crippen LogP contribution in [0.3, 0.4) is 0 Å². The molecule has 0 amide bonds. The van der Waals surface area contributed by atoms with Gasteiger partial charge in [0.25, 0.3) is 5.56 Å². The number of ether oxygens (including phenoxy) is 1.